The van der Waals surface area contributed by atoms with Crippen molar-refractivity contribution in [2.75, 3.05) is 19.6 Å². The number of rotatable bonds is 3. The molecule has 0 aliphatic carbocycles. The molecule has 2 aromatic rings. The molecule has 7 nitrogen and oxygen atoms in total. The summed E-state index contributed by atoms with van der Waals surface area (Å²) in [7, 11) is 1.72. The quantitative estimate of drug-likeness (QED) is 0.877. The molecule has 1 unspecified atom stereocenters. The number of aliphatic hydroxyl groups excluding tert-OH is 1. The van der Waals surface area contributed by atoms with E-state index in [9.17, 15) is 14.7 Å². The topological polar surface area (TPSA) is 78.7 Å². The molecule has 1 aromatic carbocycles. The van der Waals surface area contributed by atoms with Crippen LogP contribution < -0.4 is 0 Å². The predicted molar refractivity (Wildman–Crippen MR) is 87.0 cm³/mol. The first-order valence-electron chi connectivity index (χ1n) is 7.80. The molecule has 1 N–H and O–H groups in total. The molecule has 1 aromatic heterocycles. The van der Waals surface area contributed by atoms with E-state index >= 15 is 0 Å². The summed E-state index contributed by atoms with van der Waals surface area (Å²) in [5.41, 5.74) is 1.39. The lowest BCUT2D eigenvalue weighted by atomic mass is 10.2. The summed E-state index contributed by atoms with van der Waals surface area (Å²) in [6.07, 6.45) is 2.22. The second-order valence-corrected chi connectivity index (χ2v) is 5.99. The van der Waals surface area contributed by atoms with Crippen LogP contribution in [0, 0.1) is 0 Å². The minimum Gasteiger partial charge on any atom is -0.389 e. The largest absolute Gasteiger partial charge is 0.389 e. The van der Waals surface area contributed by atoms with Crippen molar-refractivity contribution in [2.45, 2.75) is 12.6 Å². The van der Waals surface area contributed by atoms with Crippen LogP contribution in [0.3, 0.4) is 0 Å². The van der Waals surface area contributed by atoms with Gasteiger partial charge in [-0.1, -0.05) is 30.3 Å². The third kappa shape index (κ3) is 3.46. The lowest BCUT2D eigenvalue weighted by Crippen LogP contribution is -2.40. The normalized spacial score (nSPS) is 18.6. The van der Waals surface area contributed by atoms with Crippen LogP contribution in [0.5, 0.6) is 0 Å². The van der Waals surface area contributed by atoms with Crippen molar-refractivity contribution >= 4 is 11.8 Å². The smallest absolute Gasteiger partial charge is 0.272 e. The minimum absolute atomic E-state index is 0.0477. The van der Waals surface area contributed by atoms with Crippen LogP contribution in [-0.4, -0.2) is 62.0 Å². The molecule has 7 heteroatoms. The van der Waals surface area contributed by atoms with Crippen LogP contribution in [0.15, 0.2) is 42.9 Å². The Balaban J connectivity index is 1.74. The number of imidazole rings is 1. The first kappa shape index (κ1) is 16.2. The fourth-order valence-corrected chi connectivity index (χ4v) is 2.83. The van der Waals surface area contributed by atoms with E-state index in [1.807, 2.05) is 30.3 Å². The molecule has 0 saturated carbocycles. The van der Waals surface area contributed by atoms with Gasteiger partial charge in [0.2, 0.25) is 5.91 Å². The van der Waals surface area contributed by atoms with E-state index in [2.05, 4.69) is 4.98 Å². The SMILES string of the molecule is Cn1cncc1C(=O)N1CC(=O)N(Cc2ccccc2)CC(O)C1. The van der Waals surface area contributed by atoms with Gasteiger partial charge < -0.3 is 19.5 Å². The number of carbonyl (C=O) groups excluding carboxylic acids is 2. The molecule has 126 valence electrons. The van der Waals surface area contributed by atoms with Crippen molar-refractivity contribution in [1.29, 1.82) is 0 Å². The van der Waals surface area contributed by atoms with Crippen molar-refractivity contribution in [1.82, 2.24) is 19.4 Å². The monoisotopic (exact) mass is 328 g/mol. The Morgan fingerprint density at radius 1 is 1.29 bits per heavy atom. The number of aliphatic hydroxyl groups is 1. The van der Waals surface area contributed by atoms with Gasteiger partial charge in [-0.05, 0) is 5.56 Å². The number of benzene rings is 1. The molecular weight excluding hydrogens is 308 g/mol. The first-order valence-corrected chi connectivity index (χ1v) is 7.80. The van der Waals surface area contributed by atoms with Crippen LogP contribution in [0.1, 0.15) is 16.1 Å². The fourth-order valence-electron chi connectivity index (χ4n) is 2.83. The Labute approximate surface area is 140 Å². The number of aryl methyl sites for hydroxylation is 1. The van der Waals surface area contributed by atoms with Gasteiger partial charge in [0.15, 0.2) is 0 Å². The maximum absolute atomic E-state index is 12.6. The van der Waals surface area contributed by atoms with Gasteiger partial charge in [0.05, 0.1) is 18.6 Å². The van der Waals surface area contributed by atoms with E-state index in [1.165, 1.54) is 17.4 Å². The van der Waals surface area contributed by atoms with Gasteiger partial charge in [-0.25, -0.2) is 4.98 Å². The lowest BCUT2D eigenvalue weighted by molar-refractivity contribution is -0.131. The maximum Gasteiger partial charge on any atom is 0.272 e. The van der Waals surface area contributed by atoms with Crippen LogP contribution in [0.25, 0.3) is 0 Å². The van der Waals surface area contributed by atoms with E-state index in [0.717, 1.165) is 5.56 Å². The molecule has 1 fully saturated rings. The number of hydrogen-bond donors (Lipinski definition) is 1. The average molecular weight is 328 g/mol. The van der Waals surface area contributed by atoms with Gasteiger partial charge in [-0.3, -0.25) is 9.59 Å². The Hall–Kier alpha value is -2.67. The van der Waals surface area contributed by atoms with E-state index in [4.69, 9.17) is 0 Å². The summed E-state index contributed by atoms with van der Waals surface area (Å²) < 4.78 is 1.60. The number of carbonyl (C=O) groups is 2. The van der Waals surface area contributed by atoms with Crippen LogP contribution >= 0.6 is 0 Å². The molecule has 2 heterocycles. The van der Waals surface area contributed by atoms with Crippen LogP contribution in [0.4, 0.5) is 0 Å². The average Bonchev–Trinajstić information content (AvgIpc) is 2.93. The Bertz CT molecular complexity index is 728. The third-order valence-electron chi connectivity index (χ3n) is 4.08. The number of amides is 2. The van der Waals surface area contributed by atoms with E-state index in [1.54, 1.807) is 16.5 Å². The molecule has 0 bridgehead atoms. The summed E-state index contributed by atoms with van der Waals surface area (Å²) in [6.45, 7) is 0.711. The highest BCUT2D eigenvalue weighted by Gasteiger charge is 2.30. The zero-order chi connectivity index (χ0) is 17.1. The number of nitrogens with zero attached hydrogens (tertiary/aromatic N) is 4. The second kappa shape index (κ2) is 6.84. The molecule has 1 saturated heterocycles. The zero-order valence-electron chi connectivity index (χ0n) is 13.5. The number of aromatic nitrogens is 2. The van der Waals surface area contributed by atoms with E-state index in [0.29, 0.717) is 12.2 Å². The lowest BCUT2D eigenvalue weighted by Gasteiger charge is -2.22. The van der Waals surface area contributed by atoms with Gasteiger partial charge in [0.1, 0.15) is 12.2 Å². The third-order valence-corrected chi connectivity index (χ3v) is 4.08. The fraction of sp³-hybridized carbons (Fsp3) is 0.353. The van der Waals surface area contributed by atoms with Crippen molar-refractivity contribution in [3.05, 3.63) is 54.1 Å². The van der Waals surface area contributed by atoms with Crippen LogP contribution in [-0.2, 0) is 18.4 Å². The molecule has 0 radical (unpaired) electrons. The van der Waals surface area contributed by atoms with Crippen molar-refractivity contribution in [3.63, 3.8) is 0 Å². The van der Waals surface area contributed by atoms with Gasteiger partial charge >= 0.3 is 0 Å². The van der Waals surface area contributed by atoms with Gasteiger partial charge in [0.25, 0.3) is 5.91 Å². The maximum atomic E-state index is 12.6. The van der Waals surface area contributed by atoms with Crippen molar-refractivity contribution in [2.24, 2.45) is 7.05 Å². The van der Waals surface area contributed by atoms with Gasteiger partial charge in [-0.15, -0.1) is 0 Å². The minimum atomic E-state index is -0.780. The molecule has 1 aliphatic heterocycles. The van der Waals surface area contributed by atoms with Crippen molar-refractivity contribution in [3.8, 4) is 0 Å². The molecule has 24 heavy (non-hydrogen) atoms. The second-order valence-electron chi connectivity index (χ2n) is 5.99. The first-order chi connectivity index (χ1) is 11.5. The summed E-state index contributed by atoms with van der Waals surface area (Å²) in [4.78, 5) is 32.0. The highest BCUT2D eigenvalue weighted by atomic mass is 16.3. The Kier molecular flexibility index (Phi) is 4.61. The molecule has 3 rings (SSSR count). The number of hydrogen-bond acceptors (Lipinski definition) is 4. The van der Waals surface area contributed by atoms with Crippen molar-refractivity contribution < 1.29 is 14.7 Å². The van der Waals surface area contributed by atoms with E-state index < -0.39 is 6.10 Å². The zero-order valence-corrected chi connectivity index (χ0v) is 13.5. The van der Waals surface area contributed by atoms with Gasteiger partial charge in [0, 0.05) is 26.7 Å². The van der Waals surface area contributed by atoms with Crippen LogP contribution in [0.2, 0.25) is 0 Å². The summed E-state index contributed by atoms with van der Waals surface area (Å²) in [5.74, 6) is -0.477. The highest BCUT2D eigenvalue weighted by Crippen LogP contribution is 2.13. The predicted octanol–water partition coefficient (Wildman–Crippen LogP) is 0.266. The summed E-state index contributed by atoms with van der Waals surface area (Å²) >= 11 is 0. The summed E-state index contributed by atoms with van der Waals surface area (Å²) in [5, 5.41) is 10.2. The summed E-state index contributed by atoms with van der Waals surface area (Å²) in [6, 6.07) is 9.60. The molecule has 1 atom stereocenters. The molecule has 0 spiro atoms. The molecule has 2 amide bonds. The Morgan fingerprint density at radius 2 is 2.04 bits per heavy atom. The number of β-amino-alcohol motifs (C(OH)–C–C–N with tert-alkyl or cyclic N) is 1. The molecular formula is C17H20N4O3. The highest BCUT2D eigenvalue weighted by molar-refractivity contribution is 5.95. The standard InChI is InChI=1S/C17H20N4O3/c1-19-12-18-7-15(19)17(24)21-10-14(22)9-20(16(23)11-21)8-13-5-3-2-4-6-13/h2-7,12,14,22H,8-11H2,1H3. The van der Waals surface area contributed by atoms with Gasteiger partial charge in [-0.2, -0.15) is 0 Å². The molecule has 1 aliphatic rings. The van der Waals surface area contributed by atoms with E-state index in [-0.39, 0.29) is 31.4 Å². The Morgan fingerprint density at radius 3 is 2.71 bits per heavy atom.